The lowest BCUT2D eigenvalue weighted by molar-refractivity contribution is 1.16. The van der Waals surface area contributed by atoms with Crippen molar-refractivity contribution in [2.24, 2.45) is 0 Å². The summed E-state index contributed by atoms with van der Waals surface area (Å²) < 4.78 is 0. The first-order chi connectivity index (χ1) is 8.38. The highest BCUT2D eigenvalue weighted by atomic mass is 15.1. The van der Waals surface area contributed by atoms with Crippen LogP contribution in [0.2, 0.25) is 0 Å². The summed E-state index contributed by atoms with van der Waals surface area (Å²) in [5.74, 6) is 0.632. The van der Waals surface area contributed by atoms with E-state index in [1.807, 2.05) is 31.4 Å². The number of para-hydroxylation sites is 1. The molecule has 0 spiro atoms. The first-order valence-corrected chi connectivity index (χ1v) is 5.46. The van der Waals surface area contributed by atoms with Crippen LogP contribution in [-0.2, 0) is 0 Å². The average Bonchev–Trinajstić information content (AvgIpc) is 2.82. The van der Waals surface area contributed by atoms with Crippen LogP contribution in [0.25, 0.3) is 22.2 Å². The molecule has 0 amide bonds. The largest absolute Gasteiger partial charge is 0.360 e. The molecule has 0 bridgehead atoms. The van der Waals surface area contributed by atoms with Gasteiger partial charge < -0.3 is 10.3 Å². The van der Waals surface area contributed by atoms with Gasteiger partial charge in [-0.25, -0.2) is 9.97 Å². The second-order valence-corrected chi connectivity index (χ2v) is 3.76. The van der Waals surface area contributed by atoms with Crippen LogP contribution in [0.3, 0.4) is 0 Å². The molecule has 0 fully saturated rings. The number of anilines is 1. The van der Waals surface area contributed by atoms with Gasteiger partial charge in [0.25, 0.3) is 0 Å². The van der Waals surface area contributed by atoms with Crippen LogP contribution in [0.4, 0.5) is 5.95 Å². The van der Waals surface area contributed by atoms with E-state index in [1.54, 1.807) is 6.20 Å². The fourth-order valence-corrected chi connectivity index (χ4v) is 1.91. The summed E-state index contributed by atoms with van der Waals surface area (Å²) in [6, 6.07) is 10.1. The van der Waals surface area contributed by atoms with Crippen molar-refractivity contribution >= 4 is 16.9 Å². The van der Waals surface area contributed by atoms with Crippen LogP contribution in [0.15, 0.2) is 42.7 Å². The number of fused-ring (bicyclic) bond motifs is 1. The van der Waals surface area contributed by atoms with Crippen molar-refractivity contribution in [3.05, 3.63) is 42.7 Å². The van der Waals surface area contributed by atoms with Crippen LogP contribution in [0.1, 0.15) is 0 Å². The molecule has 0 unspecified atom stereocenters. The van der Waals surface area contributed by atoms with E-state index >= 15 is 0 Å². The van der Waals surface area contributed by atoms with Crippen molar-refractivity contribution in [1.82, 2.24) is 15.0 Å². The van der Waals surface area contributed by atoms with Gasteiger partial charge in [-0.3, -0.25) is 0 Å². The van der Waals surface area contributed by atoms with E-state index in [0.717, 1.165) is 16.8 Å². The zero-order valence-electron chi connectivity index (χ0n) is 9.44. The molecular formula is C13H12N4. The van der Waals surface area contributed by atoms with Gasteiger partial charge in [-0.1, -0.05) is 18.2 Å². The number of nitrogens with zero attached hydrogens (tertiary/aromatic N) is 2. The van der Waals surface area contributed by atoms with Gasteiger partial charge in [-0.15, -0.1) is 0 Å². The third-order valence-electron chi connectivity index (χ3n) is 2.74. The summed E-state index contributed by atoms with van der Waals surface area (Å²) in [5.41, 5.74) is 3.13. The van der Waals surface area contributed by atoms with Crippen LogP contribution in [0, 0.1) is 0 Å². The van der Waals surface area contributed by atoms with Gasteiger partial charge in [0, 0.05) is 35.9 Å². The third-order valence-corrected chi connectivity index (χ3v) is 2.74. The SMILES string of the molecule is CNc1nccc(-c2c[nH]c3ccccc23)n1. The Labute approximate surface area is 98.7 Å². The second-order valence-electron chi connectivity index (χ2n) is 3.76. The summed E-state index contributed by atoms with van der Waals surface area (Å²) in [6.07, 6.45) is 3.74. The first-order valence-electron chi connectivity index (χ1n) is 5.46. The Morgan fingerprint density at radius 2 is 2.06 bits per heavy atom. The lowest BCUT2D eigenvalue weighted by atomic mass is 10.1. The summed E-state index contributed by atoms with van der Waals surface area (Å²) in [4.78, 5) is 11.8. The van der Waals surface area contributed by atoms with Crippen molar-refractivity contribution in [3.63, 3.8) is 0 Å². The van der Waals surface area contributed by atoms with E-state index in [1.165, 1.54) is 5.39 Å². The molecule has 2 heterocycles. The molecule has 84 valence electrons. The maximum Gasteiger partial charge on any atom is 0.222 e. The Balaban J connectivity index is 2.20. The zero-order valence-corrected chi connectivity index (χ0v) is 9.44. The number of hydrogen-bond acceptors (Lipinski definition) is 3. The molecule has 4 nitrogen and oxygen atoms in total. The smallest absolute Gasteiger partial charge is 0.222 e. The van der Waals surface area contributed by atoms with E-state index in [4.69, 9.17) is 0 Å². The summed E-state index contributed by atoms with van der Waals surface area (Å²) in [6.45, 7) is 0. The average molecular weight is 224 g/mol. The molecule has 0 aliphatic carbocycles. The fraction of sp³-hybridized carbons (Fsp3) is 0.0769. The molecule has 0 saturated heterocycles. The monoisotopic (exact) mass is 224 g/mol. The maximum absolute atomic E-state index is 4.44. The third kappa shape index (κ3) is 1.63. The number of H-pyrrole nitrogens is 1. The molecule has 2 aromatic heterocycles. The number of benzene rings is 1. The molecule has 0 radical (unpaired) electrons. The van der Waals surface area contributed by atoms with Crippen molar-refractivity contribution in [2.45, 2.75) is 0 Å². The van der Waals surface area contributed by atoms with Gasteiger partial charge in [0.15, 0.2) is 0 Å². The number of aromatic nitrogens is 3. The first kappa shape index (κ1) is 9.84. The lowest BCUT2D eigenvalue weighted by Gasteiger charge is -2.01. The Morgan fingerprint density at radius 3 is 2.94 bits per heavy atom. The Kier molecular flexibility index (Phi) is 2.26. The van der Waals surface area contributed by atoms with Crippen LogP contribution < -0.4 is 5.32 Å². The molecule has 0 saturated carbocycles. The number of hydrogen-bond donors (Lipinski definition) is 2. The Bertz CT molecular complexity index is 657. The summed E-state index contributed by atoms with van der Waals surface area (Å²) in [5, 5.41) is 4.12. The molecule has 17 heavy (non-hydrogen) atoms. The van der Waals surface area contributed by atoms with Gasteiger partial charge in [0.05, 0.1) is 5.69 Å². The maximum atomic E-state index is 4.44. The van der Waals surface area contributed by atoms with E-state index in [9.17, 15) is 0 Å². The predicted molar refractivity (Wildman–Crippen MR) is 68.9 cm³/mol. The van der Waals surface area contributed by atoms with E-state index in [-0.39, 0.29) is 0 Å². The second kappa shape index (κ2) is 3.90. The minimum absolute atomic E-state index is 0.632. The molecule has 3 rings (SSSR count). The van der Waals surface area contributed by atoms with Gasteiger partial charge in [-0.05, 0) is 12.1 Å². The van der Waals surface area contributed by atoms with Crippen molar-refractivity contribution in [1.29, 1.82) is 0 Å². The minimum atomic E-state index is 0.632. The van der Waals surface area contributed by atoms with Gasteiger partial charge in [-0.2, -0.15) is 0 Å². The van der Waals surface area contributed by atoms with Crippen molar-refractivity contribution in [3.8, 4) is 11.3 Å². The van der Waals surface area contributed by atoms with Crippen LogP contribution >= 0.6 is 0 Å². The molecule has 0 aliphatic rings. The Hall–Kier alpha value is -2.36. The number of nitrogens with one attached hydrogen (secondary N) is 2. The zero-order chi connectivity index (χ0) is 11.7. The normalized spacial score (nSPS) is 10.6. The summed E-state index contributed by atoms with van der Waals surface area (Å²) in [7, 11) is 1.81. The highest BCUT2D eigenvalue weighted by Crippen LogP contribution is 2.26. The van der Waals surface area contributed by atoms with E-state index in [2.05, 4.69) is 32.4 Å². The van der Waals surface area contributed by atoms with Gasteiger partial charge in [0.1, 0.15) is 0 Å². The summed E-state index contributed by atoms with van der Waals surface area (Å²) >= 11 is 0. The molecular weight excluding hydrogens is 212 g/mol. The lowest BCUT2D eigenvalue weighted by Crippen LogP contribution is -1.96. The fourth-order valence-electron chi connectivity index (χ4n) is 1.91. The topological polar surface area (TPSA) is 53.6 Å². The highest BCUT2D eigenvalue weighted by molar-refractivity contribution is 5.94. The minimum Gasteiger partial charge on any atom is -0.360 e. The van der Waals surface area contributed by atoms with E-state index in [0.29, 0.717) is 5.95 Å². The Morgan fingerprint density at radius 1 is 1.18 bits per heavy atom. The standard InChI is InChI=1S/C13H12N4/c1-14-13-15-7-6-12(17-13)10-8-16-11-5-3-2-4-9(10)11/h2-8,16H,1H3,(H,14,15,17). The highest BCUT2D eigenvalue weighted by Gasteiger charge is 2.07. The van der Waals surface area contributed by atoms with Gasteiger partial charge in [0.2, 0.25) is 5.95 Å². The number of aromatic amines is 1. The molecule has 0 aliphatic heterocycles. The van der Waals surface area contributed by atoms with Gasteiger partial charge >= 0.3 is 0 Å². The molecule has 0 atom stereocenters. The molecule has 1 aromatic carbocycles. The van der Waals surface area contributed by atoms with Crippen molar-refractivity contribution < 1.29 is 0 Å². The quantitative estimate of drug-likeness (QED) is 0.703. The van der Waals surface area contributed by atoms with Crippen LogP contribution in [0.5, 0.6) is 0 Å². The number of rotatable bonds is 2. The van der Waals surface area contributed by atoms with Crippen molar-refractivity contribution in [2.75, 3.05) is 12.4 Å². The van der Waals surface area contributed by atoms with E-state index < -0.39 is 0 Å². The predicted octanol–water partition coefficient (Wildman–Crippen LogP) is 2.67. The molecule has 2 N–H and O–H groups in total. The molecule has 4 heteroatoms. The molecule has 3 aromatic rings. The van der Waals surface area contributed by atoms with Crippen LogP contribution in [-0.4, -0.2) is 22.0 Å².